The molecule has 0 aromatic carbocycles. The van der Waals surface area contributed by atoms with Crippen LogP contribution in [0.1, 0.15) is 41.5 Å². The molecule has 0 spiro atoms. The summed E-state index contributed by atoms with van der Waals surface area (Å²) in [6.07, 6.45) is 2.51. The minimum atomic E-state index is -0.508. The van der Waals surface area contributed by atoms with E-state index in [2.05, 4.69) is 10.6 Å². The van der Waals surface area contributed by atoms with Crippen molar-refractivity contribution in [2.45, 2.75) is 52.7 Å². The molecule has 2 amide bonds. The maximum atomic E-state index is 11.3. The molecular formula is C14H26N2O4. The summed E-state index contributed by atoms with van der Waals surface area (Å²) in [6.45, 7) is 11.5. The lowest BCUT2D eigenvalue weighted by molar-refractivity contribution is 0.0520. The van der Waals surface area contributed by atoms with Crippen molar-refractivity contribution in [2.24, 2.45) is 0 Å². The molecule has 2 N–H and O–H groups in total. The SMILES string of the molecule is CC(C)(C)OC(=O)NCC=CCNC(=O)OC(C)(C)C. The van der Waals surface area contributed by atoms with E-state index in [0.717, 1.165) is 0 Å². The van der Waals surface area contributed by atoms with Crippen molar-refractivity contribution in [3.8, 4) is 0 Å². The highest BCUT2D eigenvalue weighted by Crippen LogP contribution is 2.06. The lowest BCUT2D eigenvalue weighted by atomic mass is 10.2. The largest absolute Gasteiger partial charge is 0.444 e. The average molecular weight is 286 g/mol. The van der Waals surface area contributed by atoms with Crippen LogP contribution in [0.15, 0.2) is 12.2 Å². The molecule has 0 aliphatic heterocycles. The first-order valence-corrected chi connectivity index (χ1v) is 6.58. The van der Waals surface area contributed by atoms with Crippen molar-refractivity contribution < 1.29 is 19.1 Å². The van der Waals surface area contributed by atoms with Crippen molar-refractivity contribution in [3.63, 3.8) is 0 Å². The minimum absolute atomic E-state index is 0.338. The first-order chi connectivity index (χ1) is 8.99. The lowest BCUT2D eigenvalue weighted by Crippen LogP contribution is -2.33. The fourth-order valence-electron chi connectivity index (χ4n) is 1.08. The number of hydrogen-bond acceptors (Lipinski definition) is 4. The van der Waals surface area contributed by atoms with E-state index in [9.17, 15) is 9.59 Å². The normalized spacial score (nSPS) is 12.1. The van der Waals surface area contributed by atoms with E-state index in [1.54, 1.807) is 53.7 Å². The molecule has 0 atom stereocenters. The summed E-state index contributed by atoms with van der Waals surface area (Å²) < 4.78 is 10.1. The van der Waals surface area contributed by atoms with Gasteiger partial charge >= 0.3 is 12.2 Å². The quantitative estimate of drug-likeness (QED) is 0.779. The third-order valence-corrected chi connectivity index (χ3v) is 1.69. The van der Waals surface area contributed by atoms with Gasteiger partial charge in [0.25, 0.3) is 0 Å². The minimum Gasteiger partial charge on any atom is -0.444 e. The van der Waals surface area contributed by atoms with Crippen LogP contribution in [0.25, 0.3) is 0 Å². The molecule has 0 aromatic rings. The summed E-state index contributed by atoms with van der Waals surface area (Å²) in [5.41, 5.74) is -1.02. The van der Waals surface area contributed by atoms with E-state index < -0.39 is 23.4 Å². The Hall–Kier alpha value is -1.72. The summed E-state index contributed by atoms with van der Waals surface area (Å²) in [6, 6.07) is 0. The number of alkyl carbamates (subject to hydrolysis) is 2. The summed E-state index contributed by atoms with van der Waals surface area (Å²) in [4.78, 5) is 22.6. The first-order valence-electron chi connectivity index (χ1n) is 6.58. The number of amides is 2. The predicted octanol–water partition coefficient (Wildman–Crippen LogP) is 2.59. The standard InChI is InChI=1S/C14H26N2O4/c1-13(2,3)19-11(17)15-9-7-8-10-16-12(18)20-14(4,5)6/h7-8H,9-10H2,1-6H3,(H,15,17)(H,16,18). The molecule has 6 heteroatoms. The Kier molecular flexibility index (Phi) is 7.10. The number of rotatable bonds is 4. The fourth-order valence-corrected chi connectivity index (χ4v) is 1.08. The molecule has 0 aliphatic carbocycles. The average Bonchev–Trinajstić information content (AvgIpc) is 2.17. The predicted molar refractivity (Wildman–Crippen MR) is 77.6 cm³/mol. The summed E-state index contributed by atoms with van der Waals surface area (Å²) in [5, 5.41) is 5.15. The van der Waals surface area contributed by atoms with Gasteiger partial charge in [-0.3, -0.25) is 0 Å². The smallest absolute Gasteiger partial charge is 0.407 e. The topological polar surface area (TPSA) is 76.7 Å². The Morgan fingerprint density at radius 3 is 1.35 bits per heavy atom. The van der Waals surface area contributed by atoms with Crippen molar-refractivity contribution in [2.75, 3.05) is 13.1 Å². The first kappa shape index (κ1) is 18.3. The third kappa shape index (κ3) is 12.7. The number of hydrogen-bond donors (Lipinski definition) is 2. The van der Waals surface area contributed by atoms with Crippen LogP contribution in [0.3, 0.4) is 0 Å². The van der Waals surface area contributed by atoms with Crippen molar-refractivity contribution in [1.82, 2.24) is 10.6 Å². The highest BCUT2D eigenvalue weighted by molar-refractivity contribution is 5.68. The van der Waals surface area contributed by atoms with Crippen molar-refractivity contribution in [3.05, 3.63) is 12.2 Å². The Labute approximate surface area is 120 Å². The second-order valence-corrected chi connectivity index (χ2v) is 6.24. The number of carbonyl (C=O) groups is 2. The van der Waals surface area contributed by atoms with Crippen LogP contribution in [-0.2, 0) is 9.47 Å². The van der Waals surface area contributed by atoms with Gasteiger partial charge < -0.3 is 20.1 Å². The molecule has 0 fully saturated rings. The Morgan fingerprint density at radius 2 is 1.10 bits per heavy atom. The maximum Gasteiger partial charge on any atom is 0.407 e. The van der Waals surface area contributed by atoms with Crippen LogP contribution in [0.5, 0.6) is 0 Å². The van der Waals surface area contributed by atoms with E-state index in [1.165, 1.54) is 0 Å². The van der Waals surface area contributed by atoms with Crippen molar-refractivity contribution >= 4 is 12.2 Å². The van der Waals surface area contributed by atoms with Gasteiger partial charge in [-0.05, 0) is 41.5 Å². The monoisotopic (exact) mass is 286 g/mol. The van der Waals surface area contributed by atoms with Gasteiger partial charge in [-0.1, -0.05) is 12.2 Å². The molecule has 20 heavy (non-hydrogen) atoms. The van der Waals surface area contributed by atoms with Gasteiger partial charge in [0.1, 0.15) is 11.2 Å². The zero-order valence-corrected chi connectivity index (χ0v) is 13.2. The molecule has 116 valence electrons. The number of ether oxygens (including phenoxy) is 2. The highest BCUT2D eigenvalue weighted by Gasteiger charge is 2.15. The van der Waals surface area contributed by atoms with E-state index >= 15 is 0 Å². The Morgan fingerprint density at radius 1 is 0.800 bits per heavy atom. The molecule has 6 nitrogen and oxygen atoms in total. The fraction of sp³-hybridized carbons (Fsp3) is 0.714. The molecule has 0 radical (unpaired) electrons. The van der Waals surface area contributed by atoms with Gasteiger partial charge in [-0.2, -0.15) is 0 Å². The van der Waals surface area contributed by atoms with Gasteiger partial charge in [0.15, 0.2) is 0 Å². The second-order valence-electron chi connectivity index (χ2n) is 6.24. The van der Waals surface area contributed by atoms with Gasteiger partial charge in [0.05, 0.1) is 0 Å². The maximum absolute atomic E-state index is 11.3. The van der Waals surface area contributed by atoms with Crippen LogP contribution >= 0.6 is 0 Å². The molecule has 0 bridgehead atoms. The molecule has 0 aliphatic rings. The Bertz CT molecular complexity index is 317. The van der Waals surface area contributed by atoms with Gasteiger partial charge in [-0.15, -0.1) is 0 Å². The van der Waals surface area contributed by atoms with Crippen LogP contribution in [0, 0.1) is 0 Å². The lowest BCUT2D eigenvalue weighted by Gasteiger charge is -2.19. The van der Waals surface area contributed by atoms with Gasteiger partial charge in [-0.25, -0.2) is 9.59 Å². The highest BCUT2D eigenvalue weighted by atomic mass is 16.6. The molecule has 0 heterocycles. The van der Waals surface area contributed by atoms with Crippen LogP contribution in [-0.4, -0.2) is 36.5 Å². The molecule has 0 saturated carbocycles. The van der Waals surface area contributed by atoms with E-state index in [-0.39, 0.29) is 0 Å². The molecule has 0 aromatic heterocycles. The summed E-state index contributed by atoms with van der Waals surface area (Å²) in [5.74, 6) is 0. The summed E-state index contributed by atoms with van der Waals surface area (Å²) >= 11 is 0. The third-order valence-electron chi connectivity index (χ3n) is 1.69. The molecule has 0 unspecified atom stereocenters. The van der Waals surface area contributed by atoms with E-state index in [1.807, 2.05) is 0 Å². The van der Waals surface area contributed by atoms with E-state index in [0.29, 0.717) is 13.1 Å². The second kappa shape index (κ2) is 7.77. The van der Waals surface area contributed by atoms with Crippen molar-refractivity contribution in [1.29, 1.82) is 0 Å². The molecule has 0 saturated heterocycles. The van der Waals surface area contributed by atoms with Crippen LogP contribution in [0.4, 0.5) is 9.59 Å². The Balaban J connectivity index is 3.73. The van der Waals surface area contributed by atoms with Gasteiger partial charge in [0, 0.05) is 13.1 Å². The van der Waals surface area contributed by atoms with Crippen LogP contribution < -0.4 is 10.6 Å². The van der Waals surface area contributed by atoms with E-state index in [4.69, 9.17) is 9.47 Å². The number of carbonyl (C=O) groups excluding carboxylic acids is 2. The summed E-state index contributed by atoms with van der Waals surface area (Å²) in [7, 11) is 0. The zero-order chi connectivity index (χ0) is 15.8. The molecule has 0 rings (SSSR count). The number of nitrogens with one attached hydrogen (secondary N) is 2. The van der Waals surface area contributed by atoms with Gasteiger partial charge in [0.2, 0.25) is 0 Å². The van der Waals surface area contributed by atoms with Crippen LogP contribution in [0.2, 0.25) is 0 Å². The zero-order valence-electron chi connectivity index (χ0n) is 13.2. The molecular weight excluding hydrogens is 260 g/mol.